The molecule has 7 heteroatoms. The molecular weight excluding hydrogens is 287 g/mol. The van der Waals surface area contributed by atoms with Crippen LogP contribution < -0.4 is 5.32 Å². The first-order chi connectivity index (χ1) is 10.6. The van der Waals surface area contributed by atoms with E-state index in [1.54, 1.807) is 18.3 Å². The van der Waals surface area contributed by atoms with Crippen molar-refractivity contribution in [3.8, 4) is 0 Å². The molecule has 6 nitrogen and oxygen atoms in total. The lowest BCUT2D eigenvalue weighted by molar-refractivity contribution is 0.0934. The van der Waals surface area contributed by atoms with E-state index < -0.39 is 6.17 Å². The lowest BCUT2D eigenvalue weighted by atomic mass is 10.2. The number of rotatable bonds is 5. The van der Waals surface area contributed by atoms with Gasteiger partial charge in [-0.2, -0.15) is 0 Å². The molecule has 2 aromatic rings. The third-order valence-electron chi connectivity index (χ3n) is 3.85. The Bertz CT molecular complexity index is 625. The van der Waals surface area contributed by atoms with E-state index in [1.165, 1.54) is 0 Å². The Hall–Kier alpha value is -2.15. The molecule has 0 aromatic carbocycles. The molecule has 0 unspecified atom stereocenters. The number of H-pyrrole nitrogens is 1. The van der Waals surface area contributed by atoms with Crippen molar-refractivity contribution in [3.05, 3.63) is 41.5 Å². The fourth-order valence-electron chi connectivity index (χ4n) is 2.80. The summed E-state index contributed by atoms with van der Waals surface area (Å²) < 4.78 is 18.9. The average Bonchev–Trinajstić information content (AvgIpc) is 3.19. The number of nitrogens with zero attached hydrogens (tertiary/aromatic N) is 2. The van der Waals surface area contributed by atoms with Gasteiger partial charge in [0.05, 0.1) is 12.2 Å². The van der Waals surface area contributed by atoms with Crippen molar-refractivity contribution in [1.29, 1.82) is 0 Å². The fraction of sp³-hybridized carbons (Fsp3) is 0.467. The summed E-state index contributed by atoms with van der Waals surface area (Å²) in [6.45, 7) is 3.11. The van der Waals surface area contributed by atoms with Gasteiger partial charge in [-0.3, -0.25) is 9.69 Å². The van der Waals surface area contributed by atoms with Crippen LogP contribution in [0.15, 0.2) is 28.9 Å². The molecule has 3 heterocycles. The monoisotopic (exact) mass is 306 g/mol. The number of nitrogens with one attached hydrogen (secondary N) is 2. The summed E-state index contributed by atoms with van der Waals surface area (Å²) in [6, 6.07) is 5.27. The van der Waals surface area contributed by atoms with Gasteiger partial charge in [-0.05, 0) is 25.5 Å². The van der Waals surface area contributed by atoms with E-state index in [2.05, 4.69) is 15.5 Å². The van der Waals surface area contributed by atoms with Gasteiger partial charge < -0.3 is 14.8 Å². The molecule has 0 bridgehead atoms. The summed E-state index contributed by atoms with van der Waals surface area (Å²) in [5.74, 6) is 0.537. The van der Waals surface area contributed by atoms with E-state index in [9.17, 15) is 9.18 Å². The molecule has 3 rings (SSSR count). The topological polar surface area (TPSA) is 74.2 Å². The number of carbonyl (C=O) groups excluding carboxylic acids is 1. The van der Waals surface area contributed by atoms with E-state index in [0.717, 1.165) is 5.69 Å². The molecular formula is C15H19FN4O2. The van der Waals surface area contributed by atoms with E-state index in [4.69, 9.17) is 4.52 Å². The zero-order valence-electron chi connectivity index (χ0n) is 12.4. The van der Waals surface area contributed by atoms with Crippen LogP contribution in [0.5, 0.6) is 0 Å². The smallest absolute Gasteiger partial charge is 0.267 e. The lowest BCUT2D eigenvalue weighted by Gasteiger charge is -2.22. The third-order valence-corrected chi connectivity index (χ3v) is 3.85. The molecule has 2 N–H and O–H groups in total. The minimum Gasteiger partial charge on any atom is -0.360 e. The molecule has 1 aliphatic heterocycles. The first kappa shape index (κ1) is 14.8. The van der Waals surface area contributed by atoms with Crippen molar-refractivity contribution in [2.24, 2.45) is 0 Å². The van der Waals surface area contributed by atoms with Crippen LogP contribution in [0.1, 0.15) is 28.4 Å². The van der Waals surface area contributed by atoms with Gasteiger partial charge in [0.15, 0.2) is 5.76 Å². The highest BCUT2D eigenvalue weighted by molar-refractivity contribution is 5.92. The Kier molecular flexibility index (Phi) is 4.24. The normalized spacial score (nSPS) is 22.1. The minimum absolute atomic E-state index is 0.0423. The Balaban J connectivity index is 1.57. The van der Waals surface area contributed by atoms with Gasteiger partial charge in [-0.15, -0.1) is 0 Å². The van der Waals surface area contributed by atoms with Gasteiger partial charge >= 0.3 is 0 Å². The predicted molar refractivity (Wildman–Crippen MR) is 78.1 cm³/mol. The van der Waals surface area contributed by atoms with E-state index in [1.807, 2.05) is 17.9 Å². The SMILES string of the molecule is Cc1cc(CN2C[C@@H](F)C[C@H]2CNC(=O)c2ccc[nH]2)on1. The maximum absolute atomic E-state index is 13.7. The number of halogens is 1. The van der Waals surface area contributed by atoms with E-state index in [-0.39, 0.29) is 11.9 Å². The Morgan fingerprint density at radius 1 is 1.64 bits per heavy atom. The second-order valence-electron chi connectivity index (χ2n) is 5.64. The molecule has 2 aromatic heterocycles. The lowest BCUT2D eigenvalue weighted by Crippen LogP contribution is -2.39. The number of aromatic amines is 1. The van der Waals surface area contributed by atoms with E-state index in [0.29, 0.717) is 37.5 Å². The van der Waals surface area contributed by atoms with Crippen LogP contribution in [0, 0.1) is 6.92 Å². The second-order valence-corrected chi connectivity index (χ2v) is 5.64. The Morgan fingerprint density at radius 2 is 2.50 bits per heavy atom. The highest BCUT2D eigenvalue weighted by Crippen LogP contribution is 2.22. The van der Waals surface area contributed by atoms with Gasteiger partial charge in [0.2, 0.25) is 0 Å². The molecule has 1 fully saturated rings. The molecule has 0 radical (unpaired) electrons. The van der Waals surface area contributed by atoms with Gasteiger partial charge in [-0.1, -0.05) is 5.16 Å². The first-order valence-corrected chi connectivity index (χ1v) is 7.33. The molecule has 0 aliphatic carbocycles. The highest BCUT2D eigenvalue weighted by atomic mass is 19.1. The third kappa shape index (κ3) is 3.36. The quantitative estimate of drug-likeness (QED) is 0.881. The minimum atomic E-state index is -0.878. The van der Waals surface area contributed by atoms with Gasteiger partial charge in [0, 0.05) is 31.4 Å². The Morgan fingerprint density at radius 3 is 3.18 bits per heavy atom. The number of alkyl halides is 1. The van der Waals surface area contributed by atoms with Crippen LogP contribution in [0.3, 0.4) is 0 Å². The largest absolute Gasteiger partial charge is 0.360 e. The summed E-state index contributed by atoms with van der Waals surface area (Å²) in [4.78, 5) is 16.8. The summed E-state index contributed by atoms with van der Waals surface area (Å²) in [5.41, 5.74) is 1.31. The molecule has 0 saturated carbocycles. The fourth-order valence-corrected chi connectivity index (χ4v) is 2.80. The zero-order valence-corrected chi connectivity index (χ0v) is 12.4. The Labute approximate surface area is 127 Å². The maximum Gasteiger partial charge on any atom is 0.267 e. The van der Waals surface area contributed by atoms with Crippen LogP contribution in [0.2, 0.25) is 0 Å². The molecule has 0 spiro atoms. The van der Waals surface area contributed by atoms with Crippen molar-refractivity contribution >= 4 is 5.91 Å². The summed E-state index contributed by atoms with van der Waals surface area (Å²) in [5, 5.41) is 6.69. The number of hydrogen-bond donors (Lipinski definition) is 2. The first-order valence-electron chi connectivity index (χ1n) is 7.33. The molecule has 22 heavy (non-hydrogen) atoms. The summed E-state index contributed by atoms with van der Waals surface area (Å²) in [7, 11) is 0. The number of aromatic nitrogens is 2. The van der Waals surface area contributed by atoms with Crippen LogP contribution in [0.4, 0.5) is 4.39 Å². The second kappa shape index (κ2) is 6.31. The zero-order chi connectivity index (χ0) is 15.5. The van der Waals surface area contributed by atoms with Gasteiger partial charge in [0.25, 0.3) is 5.91 Å². The molecule has 1 amide bonds. The summed E-state index contributed by atoms with van der Waals surface area (Å²) in [6.07, 6.45) is 1.23. The van der Waals surface area contributed by atoms with Crippen molar-refractivity contribution < 1.29 is 13.7 Å². The van der Waals surface area contributed by atoms with Crippen molar-refractivity contribution in [2.45, 2.75) is 32.1 Å². The average molecular weight is 306 g/mol. The van der Waals surface area contributed by atoms with Crippen LogP contribution in [0.25, 0.3) is 0 Å². The van der Waals surface area contributed by atoms with E-state index >= 15 is 0 Å². The molecule has 118 valence electrons. The number of carbonyl (C=O) groups is 1. The number of amides is 1. The summed E-state index contributed by atoms with van der Waals surface area (Å²) >= 11 is 0. The standard InChI is InChI=1S/C15H19FN4O2/c1-10-5-13(22-19-10)9-20-8-11(16)6-12(20)7-18-15(21)14-3-2-4-17-14/h2-5,11-12,17H,6-9H2,1H3,(H,18,21)/t11-,12-/m0/s1. The van der Waals surface area contributed by atoms with Gasteiger partial charge in [-0.25, -0.2) is 4.39 Å². The van der Waals surface area contributed by atoms with Crippen molar-refractivity contribution in [3.63, 3.8) is 0 Å². The van der Waals surface area contributed by atoms with Crippen LogP contribution in [-0.4, -0.2) is 46.3 Å². The van der Waals surface area contributed by atoms with Crippen molar-refractivity contribution in [2.75, 3.05) is 13.1 Å². The van der Waals surface area contributed by atoms with Gasteiger partial charge in [0.1, 0.15) is 11.9 Å². The molecule has 1 aliphatic rings. The van der Waals surface area contributed by atoms with Crippen molar-refractivity contribution in [1.82, 2.24) is 20.4 Å². The predicted octanol–water partition coefficient (Wildman–Crippen LogP) is 1.65. The number of hydrogen-bond acceptors (Lipinski definition) is 4. The molecule has 2 atom stereocenters. The highest BCUT2D eigenvalue weighted by Gasteiger charge is 2.33. The van der Waals surface area contributed by atoms with Crippen LogP contribution in [-0.2, 0) is 6.54 Å². The molecule has 1 saturated heterocycles. The maximum atomic E-state index is 13.7. The van der Waals surface area contributed by atoms with Crippen LogP contribution >= 0.6 is 0 Å². The number of aryl methyl sites for hydroxylation is 1. The number of likely N-dealkylation sites (tertiary alicyclic amines) is 1.